The van der Waals surface area contributed by atoms with Gasteiger partial charge in [-0.1, -0.05) is 11.3 Å². The Kier molecular flexibility index (Phi) is 5.78. The lowest BCUT2D eigenvalue weighted by atomic mass is 10.1. The fourth-order valence-corrected chi connectivity index (χ4v) is 5.15. The number of thiazole rings is 1. The van der Waals surface area contributed by atoms with Crippen LogP contribution in [0.3, 0.4) is 0 Å². The molecule has 0 spiro atoms. The van der Waals surface area contributed by atoms with Gasteiger partial charge in [-0.2, -0.15) is 0 Å². The quantitative estimate of drug-likeness (QED) is 0.583. The second-order valence-corrected chi connectivity index (χ2v) is 10.4. The first-order valence-electron chi connectivity index (χ1n) is 9.63. The van der Waals surface area contributed by atoms with E-state index in [1.54, 1.807) is 24.3 Å². The summed E-state index contributed by atoms with van der Waals surface area (Å²) in [7, 11) is -0.297. The van der Waals surface area contributed by atoms with Gasteiger partial charge in [-0.3, -0.25) is 9.59 Å². The summed E-state index contributed by atoms with van der Waals surface area (Å²) in [5, 5.41) is 3.11. The number of aromatic nitrogens is 1. The van der Waals surface area contributed by atoms with E-state index in [1.807, 2.05) is 0 Å². The lowest BCUT2D eigenvalue weighted by molar-refractivity contribution is -0.122. The molecule has 0 aliphatic carbocycles. The fourth-order valence-electron chi connectivity index (χ4n) is 3.52. The van der Waals surface area contributed by atoms with Crippen molar-refractivity contribution in [1.29, 1.82) is 0 Å². The number of sulfone groups is 1. The third kappa shape index (κ3) is 4.26. The Labute approximate surface area is 188 Å². The number of ether oxygens (including phenoxy) is 2. The van der Waals surface area contributed by atoms with Gasteiger partial charge in [0.15, 0.2) is 15.0 Å². The zero-order valence-electron chi connectivity index (χ0n) is 17.6. The lowest BCUT2D eigenvalue weighted by Crippen LogP contribution is -2.28. The van der Waals surface area contributed by atoms with Crippen LogP contribution in [0.15, 0.2) is 41.3 Å². The minimum absolute atomic E-state index is 0.0509. The summed E-state index contributed by atoms with van der Waals surface area (Å²) in [6.45, 7) is 0.192. The van der Waals surface area contributed by atoms with Crippen LogP contribution in [0.25, 0.3) is 10.2 Å². The summed E-state index contributed by atoms with van der Waals surface area (Å²) in [5.74, 6) is -0.0154. The first kappa shape index (κ1) is 22.0. The molecule has 1 aliphatic heterocycles. The molecule has 2 amide bonds. The van der Waals surface area contributed by atoms with Gasteiger partial charge in [0.2, 0.25) is 11.8 Å². The highest BCUT2D eigenvalue weighted by molar-refractivity contribution is 7.90. The molecule has 1 saturated heterocycles. The third-order valence-electron chi connectivity index (χ3n) is 5.19. The second kappa shape index (κ2) is 8.40. The van der Waals surface area contributed by atoms with E-state index in [-0.39, 0.29) is 29.7 Å². The van der Waals surface area contributed by atoms with Crippen LogP contribution in [0.1, 0.15) is 6.42 Å². The van der Waals surface area contributed by atoms with E-state index in [4.69, 9.17) is 9.47 Å². The molecule has 2 aromatic carbocycles. The van der Waals surface area contributed by atoms with Gasteiger partial charge >= 0.3 is 0 Å². The topological polar surface area (TPSA) is 115 Å². The van der Waals surface area contributed by atoms with Gasteiger partial charge in [0.25, 0.3) is 0 Å². The standard InChI is InChI=1S/C21H21N3O6S2/c1-29-13-4-7-17(30-2)16(9-13)24-11-12(8-19(24)25)20(26)23-21-22-15-6-5-14(32(3,27)28)10-18(15)31-21/h4-7,9-10,12H,8,11H2,1-3H3,(H,22,23,26). The fraction of sp³-hybridized carbons (Fsp3) is 0.286. The summed E-state index contributed by atoms with van der Waals surface area (Å²) >= 11 is 1.18. The van der Waals surface area contributed by atoms with Crippen molar-refractivity contribution in [1.82, 2.24) is 4.98 Å². The van der Waals surface area contributed by atoms with Crippen LogP contribution in [0.4, 0.5) is 10.8 Å². The van der Waals surface area contributed by atoms with E-state index in [0.29, 0.717) is 32.5 Å². The maximum atomic E-state index is 12.8. The van der Waals surface area contributed by atoms with Crippen LogP contribution < -0.4 is 19.7 Å². The molecule has 1 unspecified atom stereocenters. The predicted molar refractivity (Wildman–Crippen MR) is 121 cm³/mol. The number of amides is 2. The first-order valence-corrected chi connectivity index (χ1v) is 12.3. The number of hydrogen-bond acceptors (Lipinski definition) is 8. The summed E-state index contributed by atoms with van der Waals surface area (Å²) in [6.07, 6.45) is 1.19. The Balaban J connectivity index is 1.52. The van der Waals surface area contributed by atoms with E-state index >= 15 is 0 Å². The second-order valence-electron chi connectivity index (χ2n) is 7.35. The maximum absolute atomic E-state index is 12.8. The summed E-state index contributed by atoms with van der Waals surface area (Å²) in [6, 6.07) is 9.76. The van der Waals surface area contributed by atoms with E-state index in [2.05, 4.69) is 10.3 Å². The Hall–Kier alpha value is -3.18. The Bertz CT molecular complexity index is 1320. The van der Waals surface area contributed by atoms with Gasteiger partial charge in [0.05, 0.1) is 40.9 Å². The molecule has 1 aromatic heterocycles. The number of carbonyl (C=O) groups is 2. The number of carbonyl (C=O) groups excluding carboxylic acids is 2. The van der Waals surface area contributed by atoms with Crippen LogP contribution in [0.2, 0.25) is 0 Å². The van der Waals surface area contributed by atoms with E-state index in [0.717, 1.165) is 6.26 Å². The first-order chi connectivity index (χ1) is 15.2. The highest BCUT2D eigenvalue weighted by atomic mass is 32.2. The Morgan fingerprint density at radius 2 is 1.97 bits per heavy atom. The molecule has 0 bridgehead atoms. The van der Waals surface area contributed by atoms with Crippen molar-refractivity contribution < 1.29 is 27.5 Å². The Morgan fingerprint density at radius 3 is 2.66 bits per heavy atom. The molecule has 1 fully saturated rings. The minimum Gasteiger partial charge on any atom is -0.497 e. The molecular weight excluding hydrogens is 454 g/mol. The molecule has 1 atom stereocenters. The predicted octanol–water partition coefficient (Wildman–Crippen LogP) is 2.71. The van der Waals surface area contributed by atoms with Crippen molar-refractivity contribution in [3.63, 3.8) is 0 Å². The van der Waals surface area contributed by atoms with Gasteiger partial charge < -0.3 is 19.7 Å². The average Bonchev–Trinajstić information content (AvgIpc) is 3.34. The smallest absolute Gasteiger partial charge is 0.231 e. The molecule has 9 nitrogen and oxygen atoms in total. The van der Waals surface area contributed by atoms with Gasteiger partial charge in [-0.15, -0.1) is 0 Å². The molecule has 0 radical (unpaired) electrons. The van der Waals surface area contributed by atoms with Crippen LogP contribution >= 0.6 is 11.3 Å². The third-order valence-corrected chi connectivity index (χ3v) is 7.23. The molecule has 1 N–H and O–H groups in total. The normalized spacial score (nSPS) is 16.4. The SMILES string of the molecule is COc1ccc(OC)c(N2CC(C(=O)Nc3nc4ccc(S(C)(=O)=O)cc4s3)CC2=O)c1. The molecule has 168 valence electrons. The molecule has 4 rings (SSSR count). The molecule has 2 heterocycles. The van der Waals surface area contributed by atoms with Gasteiger partial charge in [-0.05, 0) is 30.3 Å². The largest absolute Gasteiger partial charge is 0.497 e. The van der Waals surface area contributed by atoms with E-state index in [9.17, 15) is 18.0 Å². The summed E-state index contributed by atoms with van der Waals surface area (Å²) < 4.78 is 34.8. The van der Waals surface area contributed by atoms with Crippen molar-refractivity contribution in [2.24, 2.45) is 5.92 Å². The molecule has 0 saturated carbocycles. The van der Waals surface area contributed by atoms with Gasteiger partial charge in [0.1, 0.15) is 11.5 Å². The Morgan fingerprint density at radius 1 is 1.19 bits per heavy atom. The lowest BCUT2D eigenvalue weighted by Gasteiger charge is -2.20. The van der Waals surface area contributed by atoms with Crippen LogP contribution in [-0.2, 0) is 19.4 Å². The van der Waals surface area contributed by atoms with Crippen molar-refractivity contribution in [3.8, 4) is 11.5 Å². The zero-order chi connectivity index (χ0) is 23.0. The molecule has 1 aliphatic rings. The number of fused-ring (bicyclic) bond motifs is 1. The molecule has 11 heteroatoms. The number of nitrogens with zero attached hydrogens (tertiary/aromatic N) is 2. The van der Waals surface area contributed by atoms with Crippen LogP contribution in [0.5, 0.6) is 11.5 Å². The minimum atomic E-state index is -3.34. The zero-order valence-corrected chi connectivity index (χ0v) is 19.2. The number of methoxy groups -OCH3 is 2. The average molecular weight is 476 g/mol. The highest BCUT2D eigenvalue weighted by Gasteiger charge is 2.36. The summed E-state index contributed by atoms with van der Waals surface area (Å²) in [5.41, 5.74) is 1.13. The van der Waals surface area contributed by atoms with Crippen molar-refractivity contribution >= 4 is 54.0 Å². The van der Waals surface area contributed by atoms with Crippen LogP contribution in [0, 0.1) is 5.92 Å². The van der Waals surface area contributed by atoms with Crippen LogP contribution in [-0.4, -0.2) is 52.2 Å². The summed E-state index contributed by atoms with van der Waals surface area (Å²) in [4.78, 5) is 31.6. The van der Waals surface area contributed by atoms with E-state index < -0.39 is 15.8 Å². The van der Waals surface area contributed by atoms with Crippen molar-refractivity contribution in [2.75, 3.05) is 37.2 Å². The maximum Gasteiger partial charge on any atom is 0.231 e. The number of benzene rings is 2. The number of hydrogen-bond donors (Lipinski definition) is 1. The van der Waals surface area contributed by atoms with Crippen molar-refractivity contribution in [3.05, 3.63) is 36.4 Å². The highest BCUT2D eigenvalue weighted by Crippen LogP contribution is 2.36. The van der Waals surface area contributed by atoms with Gasteiger partial charge in [-0.25, -0.2) is 13.4 Å². The van der Waals surface area contributed by atoms with Crippen molar-refractivity contribution in [2.45, 2.75) is 11.3 Å². The van der Waals surface area contributed by atoms with Gasteiger partial charge in [0, 0.05) is 25.3 Å². The number of rotatable bonds is 6. The number of nitrogens with one attached hydrogen (secondary N) is 1. The molecule has 32 heavy (non-hydrogen) atoms. The monoisotopic (exact) mass is 475 g/mol. The number of anilines is 2. The molecular formula is C21H21N3O6S2. The van der Waals surface area contributed by atoms with E-state index in [1.165, 1.54) is 42.6 Å². The molecule has 3 aromatic rings.